The van der Waals surface area contributed by atoms with Gasteiger partial charge in [-0.3, -0.25) is 19.1 Å². The summed E-state index contributed by atoms with van der Waals surface area (Å²) in [7, 11) is 0. The first-order chi connectivity index (χ1) is 20.0. The lowest BCUT2D eigenvalue weighted by atomic mass is 10.1. The van der Waals surface area contributed by atoms with Gasteiger partial charge in [0.15, 0.2) is 11.6 Å². The van der Waals surface area contributed by atoms with Crippen molar-refractivity contribution in [3.8, 4) is 0 Å². The Kier molecular flexibility index (Phi) is 9.72. The molecule has 4 rings (SSSR count). The number of ketones is 1. The zero-order chi connectivity index (χ0) is 31.9. The summed E-state index contributed by atoms with van der Waals surface area (Å²) in [6, 6.07) is 9.40. The molecule has 2 atom stereocenters. The van der Waals surface area contributed by atoms with E-state index in [4.69, 9.17) is 34.8 Å². The van der Waals surface area contributed by atoms with Gasteiger partial charge in [0.1, 0.15) is 22.6 Å². The van der Waals surface area contributed by atoms with Gasteiger partial charge < -0.3 is 10.6 Å². The summed E-state index contributed by atoms with van der Waals surface area (Å²) in [5, 5.41) is 4.59. The Labute approximate surface area is 262 Å². The molecule has 1 aliphatic carbocycles. The van der Waals surface area contributed by atoms with E-state index in [1.807, 2.05) is 0 Å². The molecule has 0 aromatic heterocycles. The van der Waals surface area contributed by atoms with Crippen LogP contribution in [0, 0.1) is 23.4 Å². The van der Waals surface area contributed by atoms with Crippen molar-refractivity contribution in [1.82, 2.24) is 0 Å². The van der Waals surface area contributed by atoms with E-state index in [9.17, 15) is 40.7 Å². The Morgan fingerprint density at radius 2 is 1.63 bits per heavy atom. The number of hydrogen-bond donors (Lipinski definition) is 2. The summed E-state index contributed by atoms with van der Waals surface area (Å²) in [4.78, 5) is 37.7. The molecule has 3 aromatic carbocycles. The quantitative estimate of drug-likeness (QED) is 0.173. The molecule has 0 saturated heterocycles. The monoisotopic (exact) mass is 730 g/mol. The van der Waals surface area contributed by atoms with Crippen molar-refractivity contribution >= 4 is 79.7 Å². The Morgan fingerprint density at radius 1 is 0.953 bits per heavy atom. The summed E-state index contributed by atoms with van der Waals surface area (Å²) in [5.74, 6) is -7.68. The fourth-order valence-corrected chi connectivity index (χ4v) is 5.65. The minimum Gasteiger partial charge on any atom is -0.326 e. The van der Waals surface area contributed by atoms with Crippen molar-refractivity contribution in [2.24, 2.45) is 5.92 Å². The number of benzene rings is 3. The van der Waals surface area contributed by atoms with Gasteiger partial charge in [-0.1, -0.05) is 17.7 Å². The Balaban J connectivity index is 1.48. The molecular formula is C27H16BrCl3F6N2O4. The lowest BCUT2D eigenvalue weighted by Gasteiger charge is -2.13. The normalized spacial score (nSPS) is 17.3. The molecule has 0 bridgehead atoms. The van der Waals surface area contributed by atoms with Gasteiger partial charge in [0, 0.05) is 23.6 Å². The van der Waals surface area contributed by atoms with Crippen LogP contribution in [0.1, 0.15) is 27.4 Å². The van der Waals surface area contributed by atoms with Crippen molar-refractivity contribution in [2.75, 3.05) is 17.2 Å². The second kappa shape index (κ2) is 12.6. The van der Waals surface area contributed by atoms with E-state index < -0.39 is 81.9 Å². The number of amides is 2. The molecular weight excluding hydrogens is 717 g/mol. The van der Waals surface area contributed by atoms with E-state index in [0.29, 0.717) is 11.6 Å². The smallest absolute Gasteiger partial charge is 0.326 e. The predicted octanol–water partition coefficient (Wildman–Crippen LogP) is 7.95. The fourth-order valence-electron chi connectivity index (χ4n) is 4.23. The largest absolute Gasteiger partial charge is 0.522 e. The van der Waals surface area contributed by atoms with E-state index in [2.05, 4.69) is 31.3 Å². The van der Waals surface area contributed by atoms with Crippen LogP contribution in [0.5, 0.6) is 0 Å². The number of Topliss-reactive ketones (excluding diaryl/α,β-unsaturated/α-hetero) is 1. The maximum Gasteiger partial charge on any atom is 0.522 e. The first-order valence-corrected chi connectivity index (χ1v) is 13.9. The van der Waals surface area contributed by atoms with E-state index in [-0.39, 0.29) is 20.7 Å². The maximum atomic E-state index is 15.0. The number of alkyl halides is 5. The Morgan fingerprint density at radius 3 is 2.28 bits per heavy atom. The molecule has 1 fully saturated rings. The summed E-state index contributed by atoms with van der Waals surface area (Å²) < 4.78 is 81.4. The number of ether oxygens (including phenoxy) is 1. The number of anilines is 2. The lowest BCUT2D eigenvalue weighted by Crippen LogP contribution is -2.22. The average molecular weight is 733 g/mol. The van der Waals surface area contributed by atoms with E-state index in [1.54, 1.807) is 0 Å². The van der Waals surface area contributed by atoms with Crippen LogP contribution in [0.3, 0.4) is 0 Å². The predicted molar refractivity (Wildman–Crippen MR) is 150 cm³/mol. The number of nitrogens with one attached hydrogen (secondary N) is 2. The van der Waals surface area contributed by atoms with Gasteiger partial charge in [0.2, 0.25) is 5.91 Å². The zero-order valence-electron chi connectivity index (χ0n) is 21.1. The molecule has 0 aliphatic heterocycles. The third kappa shape index (κ3) is 7.63. The molecule has 3 aromatic rings. The molecule has 228 valence electrons. The van der Waals surface area contributed by atoms with E-state index >= 15 is 0 Å². The van der Waals surface area contributed by atoms with E-state index in [0.717, 1.165) is 12.1 Å². The standard InChI is InChI=1S/C27H16BrCl3F6N2O4/c28-16-7-11(1-4-19(16)33)21-22(26(21,30)31)25(42)38-12-2-3-17(29)14(8-12)24(41)39-20-6-5-18(32)15(23(20)34)9-13(40)10-43-27(35,36)37/h1-8,21-22H,9-10H2,(H,38,42)(H,39,41)/t21-,22+/m0/s1. The molecule has 43 heavy (non-hydrogen) atoms. The van der Waals surface area contributed by atoms with Gasteiger partial charge >= 0.3 is 6.36 Å². The number of rotatable bonds is 9. The second-order valence-corrected chi connectivity index (χ2v) is 12.0. The van der Waals surface area contributed by atoms with Crippen molar-refractivity contribution in [3.05, 3.63) is 92.2 Å². The Bertz CT molecular complexity index is 1620. The van der Waals surface area contributed by atoms with Crippen LogP contribution in [-0.4, -0.2) is 34.9 Å². The second-order valence-electron chi connectivity index (χ2n) is 9.28. The number of halogens is 10. The lowest BCUT2D eigenvalue weighted by molar-refractivity contribution is -0.320. The minimum absolute atomic E-state index is 0.0742. The average Bonchev–Trinajstić information content (AvgIpc) is 3.50. The van der Waals surface area contributed by atoms with Crippen LogP contribution < -0.4 is 10.6 Å². The van der Waals surface area contributed by atoms with Crippen LogP contribution in [0.15, 0.2) is 53.0 Å². The minimum atomic E-state index is -5.12. The van der Waals surface area contributed by atoms with Crippen LogP contribution in [0.4, 0.5) is 37.7 Å². The fraction of sp³-hybridized carbons (Fsp3) is 0.222. The first kappa shape index (κ1) is 33.1. The molecule has 6 nitrogen and oxygen atoms in total. The molecule has 0 spiro atoms. The van der Waals surface area contributed by atoms with Crippen molar-refractivity contribution in [1.29, 1.82) is 0 Å². The third-order valence-corrected chi connectivity index (χ3v) is 8.20. The third-order valence-electron chi connectivity index (χ3n) is 6.32. The molecule has 0 unspecified atom stereocenters. The molecule has 2 amide bonds. The van der Waals surface area contributed by atoms with Crippen molar-refractivity contribution in [2.45, 2.75) is 23.0 Å². The van der Waals surface area contributed by atoms with Crippen LogP contribution in [-0.2, 0) is 20.7 Å². The van der Waals surface area contributed by atoms with Crippen molar-refractivity contribution in [3.63, 3.8) is 0 Å². The van der Waals surface area contributed by atoms with E-state index in [1.165, 1.54) is 30.3 Å². The van der Waals surface area contributed by atoms with Crippen LogP contribution in [0.25, 0.3) is 0 Å². The van der Waals surface area contributed by atoms with Crippen molar-refractivity contribution < 1.29 is 45.5 Å². The zero-order valence-corrected chi connectivity index (χ0v) is 25.0. The first-order valence-electron chi connectivity index (χ1n) is 11.9. The molecule has 1 aliphatic rings. The summed E-state index contributed by atoms with van der Waals surface area (Å²) in [6.07, 6.45) is -6.20. The number of carbonyl (C=O) groups is 3. The SMILES string of the molecule is O=C(COC(F)(F)F)Cc1c(F)ccc(NC(=O)c2cc(NC(=O)[C@H]3[C@H](c4ccc(F)c(Br)c4)C3(Cl)Cl)ccc2Cl)c1F. The Hall–Kier alpha value is -2.84. The van der Waals surface area contributed by atoms with Gasteiger partial charge in [0.25, 0.3) is 5.91 Å². The molecule has 2 N–H and O–H groups in total. The van der Waals surface area contributed by atoms with Crippen LogP contribution >= 0.6 is 50.7 Å². The number of hydrogen-bond acceptors (Lipinski definition) is 4. The summed E-state index contributed by atoms with van der Waals surface area (Å²) in [6.45, 7) is -1.47. The highest BCUT2D eigenvalue weighted by Gasteiger charge is 2.67. The summed E-state index contributed by atoms with van der Waals surface area (Å²) in [5.41, 5.74) is -1.16. The van der Waals surface area contributed by atoms with Crippen LogP contribution in [0.2, 0.25) is 5.02 Å². The number of carbonyl (C=O) groups excluding carboxylic acids is 3. The van der Waals surface area contributed by atoms with Gasteiger partial charge in [-0.2, -0.15) is 0 Å². The van der Waals surface area contributed by atoms with Gasteiger partial charge in [0.05, 0.1) is 26.7 Å². The molecule has 1 saturated carbocycles. The highest BCUT2D eigenvalue weighted by atomic mass is 79.9. The van der Waals surface area contributed by atoms with Gasteiger partial charge in [-0.05, 0) is 64.0 Å². The molecule has 16 heteroatoms. The topological polar surface area (TPSA) is 84.5 Å². The molecule has 0 radical (unpaired) electrons. The maximum absolute atomic E-state index is 15.0. The highest BCUT2D eigenvalue weighted by molar-refractivity contribution is 9.10. The molecule has 0 heterocycles. The highest BCUT2D eigenvalue weighted by Crippen LogP contribution is 2.65. The van der Waals surface area contributed by atoms with Gasteiger partial charge in [-0.25, -0.2) is 13.2 Å². The van der Waals surface area contributed by atoms with Gasteiger partial charge in [-0.15, -0.1) is 36.4 Å². The summed E-state index contributed by atoms with van der Waals surface area (Å²) >= 11 is 21.9.